The Kier molecular flexibility index (Phi) is 5.67. The summed E-state index contributed by atoms with van der Waals surface area (Å²) in [6.45, 7) is 2.08. The first-order valence-corrected chi connectivity index (χ1v) is 9.80. The predicted molar refractivity (Wildman–Crippen MR) is 111 cm³/mol. The van der Waals surface area contributed by atoms with Crippen molar-refractivity contribution in [3.8, 4) is 11.1 Å². The van der Waals surface area contributed by atoms with Crippen LogP contribution in [-0.2, 0) is 14.4 Å². The van der Waals surface area contributed by atoms with E-state index in [1.807, 2.05) is 48.5 Å². The Labute approximate surface area is 174 Å². The number of nitrogens with zero attached hydrogens (tertiary/aromatic N) is 2. The molecule has 156 valence electrons. The van der Waals surface area contributed by atoms with Crippen LogP contribution in [0.1, 0.15) is 18.9 Å². The van der Waals surface area contributed by atoms with Crippen LogP contribution in [0.2, 0.25) is 0 Å². The van der Waals surface area contributed by atoms with E-state index in [2.05, 4.69) is 10.5 Å². The number of amides is 2. The fourth-order valence-electron chi connectivity index (χ4n) is 3.48. The molecule has 8 nitrogen and oxygen atoms in total. The predicted octanol–water partition coefficient (Wildman–Crippen LogP) is 2.30. The molecule has 2 N–H and O–H groups in total. The molecule has 1 unspecified atom stereocenters. The SMILES string of the molecule is CC(=O)NC[C@H]1CN(c2ccc(-c3ccc(C4=NOC(CO)C4)cc3)cc2)C(=O)O1. The highest BCUT2D eigenvalue weighted by atomic mass is 16.6. The quantitative estimate of drug-likeness (QED) is 0.763. The summed E-state index contributed by atoms with van der Waals surface area (Å²) in [5.74, 6) is -0.152. The average Bonchev–Trinajstić information content (AvgIpc) is 3.39. The lowest BCUT2D eigenvalue weighted by atomic mass is 10.00. The number of nitrogens with one attached hydrogen (secondary N) is 1. The molecule has 2 aliphatic heterocycles. The third-order valence-corrected chi connectivity index (χ3v) is 5.12. The highest BCUT2D eigenvalue weighted by Crippen LogP contribution is 2.27. The lowest BCUT2D eigenvalue weighted by Crippen LogP contribution is -2.33. The standard InChI is InChI=1S/C22H23N3O5/c1-14(27)23-11-20-12-25(22(28)29-20)18-8-6-16(7-9-18)15-2-4-17(5-3-15)21-10-19(13-26)30-24-21/h2-9,19-20,26H,10-13H2,1H3,(H,23,27)/t19?,20-/m0/s1. The van der Waals surface area contributed by atoms with Crippen LogP contribution in [0.5, 0.6) is 0 Å². The monoisotopic (exact) mass is 409 g/mol. The van der Waals surface area contributed by atoms with Gasteiger partial charge in [0.2, 0.25) is 5.91 Å². The van der Waals surface area contributed by atoms with Crippen molar-refractivity contribution in [3.63, 3.8) is 0 Å². The van der Waals surface area contributed by atoms with E-state index in [-0.39, 0.29) is 24.7 Å². The average molecular weight is 409 g/mol. The number of hydrogen-bond acceptors (Lipinski definition) is 6. The van der Waals surface area contributed by atoms with Crippen LogP contribution in [0, 0.1) is 0 Å². The minimum Gasteiger partial charge on any atom is -0.442 e. The second kappa shape index (κ2) is 8.54. The van der Waals surface area contributed by atoms with Crippen molar-refractivity contribution in [2.75, 3.05) is 24.6 Å². The number of cyclic esters (lactones) is 1. The number of rotatable bonds is 6. The molecule has 2 aliphatic rings. The van der Waals surface area contributed by atoms with Crippen molar-refractivity contribution < 1.29 is 24.3 Å². The number of carbonyl (C=O) groups excluding carboxylic acids is 2. The van der Waals surface area contributed by atoms with Gasteiger partial charge >= 0.3 is 6.09 Å². The van der Waals surface area contributed by atoms with Gasteiger partial charge < -0.3 is 20.0 Å². The largest absolute Gasteiger partial charge is 0.442 e. The molecule has 2 aromatic rings. The van der Waals surface area contributed by atoms with E-state index in [0.717, 1.165) is 28.1 Å². The molecule has 30 heavy (non-hydrogen) atoms. The molecule has 2 atom stereocenters. The van der Waals surface area contributed by atoms with Gasteiger partial charge in [-0.15, -0.1) is 0 Å². The first-order valence-electron chi connectivity index (χ1n) is 9.80. The second-order valence-corrected chi connectivity index (χ2v) is 7.33. The molecule has 0 saturated carbocycles. The van der Waals surface area contributed by atoms with Gasteiger partial charge in [-0.05, 0) is 28.8 Å². The maximum Gasteiger partial charge on any atom is 0.414 e. The number of oxime groups is 1. The summed E-state index contributed by atoms with van der Waals surface area (Å²) in [5.41, 5.74) is 4.61. The molecule has 4 rings (SSSR count). The molecule has 2 heterocycles. The van der Waals surface area contributed by atoms with Gasteiger partial charge in [0.15, 0.2) is 6.10 Å². The molecular formula is C22H23N3O5. The van der Waals surface area contributed by atoms with Gasteiger partial charge in [-0.25, -0.2) is 4.79 Å². The Morgan fingerprint density at radius 3 is 2.33 bits per heavy atom. The van der Waals surface area contributed by atoms with E-state index in [9.17, 15) is 9.59 Å². The summed E-state index contributed by atoms with van der Waals surface area (Å²) in [5, 5.41) is 15.9. The van der Waals surface area contributed by atoms with Gasteiger partial charge in [0, 0.05) is 19.0 Å². The molecule has 0 aromatic heterocycles. The topological polar surface area (TPSA) is 100 Å². The fraction of sp³-hybridized carbons (Fsp3) is 0.318. The van der Waals surface area contributed by atoms with Crippen LogP contribution in [-0.4, -0.2) is 54.7 Å². The summed E-state index contributed by atoms with van der Waals surface area (Å²) in [6, 6.07) is 15.6. The number of aliphatic hydroxyl groups excluding tert-OH is 1. The van der Waals surface area contributed by atoms with E-state index < -0.39 is 6.09 Å². The lowest BCUT2D eigenvalue weighted by Gasteiger charge is -2.14. The zero-order valence-electron chi connectivity index (χ0n) is 16.6. The van der Waals surface area contributed by atoms with Crippen molar-refractivity contribution in [1.29, 1.82) is 0 Å². The van der Waals surface area contributed by atoms with Gasteiger partial charge in [0.1, 0.15) is 6.10 Å². The third kappa shape index (κ3) is 4.28. The molecule has 2 amide bonds. The summed E-state index contributed by atoms with van der Waals surface area (Å²) in [4.78, 5) is 29.9. The van der Waals surface area contributed by atoms with Gasteiger partial charge in [-0.1, -0.05) is 41.6 Å². The maximum absolute atomic E-state index is 12.1. The Morgan fingerprint density at radius 1 is 1.10 bits per heavy atom. The number of aliphatic hydroxyl groups is 1. The minimum absolute atomic E-state index is 0.0457. The van der Waals surface area contributed by atoms with Crippen LogP contribution in [0.4, 0.5) is 10.5 Å². The van der Waals surface area contributed by atoms with Crippen LogP contribution in [0.3, 0.4) is 0 Å². The maximum atomic E-state index is 12.1. The van der Waals surface area contributed by atoms with Crippen molar-refractivity contribution in [2.45, 2.75) is 25.6 Å². The normalized spacial score (nSPS) is 20.5. The molecule has 0 radical (unpaired) electrons. The van der Waals surface area contributed by atoms with Crippen molar-refractivity contribution >= 4 is 23.4 Å². The zero-order valence-corrected chi connectivity index (χ0v) is 16.6. The Bertz CT molecular complexity index is 956. The number of carbonyl (C=O) groups is 2. The molecule has 8 heteroatoms. The van der Waals surface area contributed by atoms with Crippen LogP contribution in [0.25, 0.3) is 11.1 Å². The van der Waals surface area contributed by atoms with Gasteiger partial charge in [-0.2, -0.15) is 0 Å². The lowest BCUT2D eigenvalue weighted by molar-refractivity contribution is -0.119. The third-order valence-electron chi connectivity index (χ3n) is 5.12. The molecule has 2 aromatic carbocycles. The highest BCUT2D eigenvalue weighted by molar-refractivity contribution is 6.01. The number of anilines is 1. The van der Waals surface area contributed by atoms with E-state index in [4.69, 9.17) is 14.7 Å². The molecule has 0 spiro atoms. The second-order valence-electron chi connectivity index (χ2n) is 7.33. The Balaban J connectivity index is 1.41. The molecule has 0 bridgehead atoms. The number of hydrogen-bond donors (Lipinski definition) is 2. The van der Waals surface area contributed by atoms with Crippen LogP contribution < -0.4 is 10.2 Å². The highest BCUT2D eigenvalue weighted by Gasteiger charge is 2.32. The van der Waals surface area contributed by atoms with Gasteiger partial charge in [-0.3, -0.25) is 9.69 Å². The summed E-state index contributed by atoms with van der Waals surface area (Å²) in [6.07, 6.45) is -0.438. The molecule has 1 saturated heterocycles. The van der Waals surface area contributed by atoms with Crippen LogP contribution in [0.15, 0.2) is 53.7 Å². The Morgan fingerprint density at radius 2 is 1.73 bits per heavy atom. The smallest absolute Gasteiger partial charge is 0.414 e. The molecule has 0 aliphatic carbocycles. The minimum atomic E-state index is -0.414. The Hall–Kier alpha value is -3.39. The number of benzene rings is 2. The van der Waals surface area contributed by atoms with E-state index >= 15 is 0 Å². The summed E-state index contributed by atoms with van der Waals surface area (Å²) < 4.78 is 5.31. The molecular weight excluding hydrogens is 386 g/mol. The number of ether oxygens (including phenoxy) is 1. The van der Waals surface area contributed by atoms with Crippen LogP contribution >= 0.6 is 0 Å². The van der Waals surface area contributed by atoms with E-state index in [0.29, 0.717) is 19.5 Å². The van der Waals surface area contributed by atoms with E-state index in [1.54, 1.807) is 4.90 Å². The van der Waals surface area contributed by atoms with Gasteiger partial charge in [0.25, 0.3) is 0 Å². The van der Waals surface area contributed by atoms with E-state index in [1.165, 1.54) is 6.92 Å². The van der Waals surface area contributed by atoms with Crippen molar-refractivity contribution in [3.05, 3.63) is 54.1 Å². The fourth-order valence-corrected chi connectivity index (χ4v) is 3.48. The summed E-state index contributed by atoms with van der Waals surface area (Å²) in [7, 11) is 0. The van der Waals surface area contributed by atoms with Crippen molar-refractivity contribution in [1.82, 2.24) is 5.32 Å². The summed E-state index contributed by atoms with van der Waals surface area (Å²) >= 11 is 0. The first-order chi connectivity index (χ1) is 14.5. The van der Waals surface area contributed by atoms with Gasteiger partial charge in [0.05, 0.1) is 25.4 Å². The zero-order chi connectivity index (χ0) is 21.1. The van der Waals surface area contributed by atoms with Crippen molar-refractivity contribution in [2.24, 2.45) is 5.16 Å². The molecule has 1 fully saturated rings. The first kappa shape index (κ1) is 19.9.